The first-order valence-corrected chi connectivity index (χ1v) is 15.2. The van der Waals surface area contributed by atoms with Crippen LogP contribution in [-0.2, 0) is 28.4 Å². The van der Waals surface area contributed by atoms with Gasteiger partial charge >= 0.3 is 0 Å². The Morgan fingerprint density at radius 2 is 0.953 bits per heavy atom. The standard InChI is InChI=1S/C29H50N8O6/c1-38-17-13-35(14-18-39-2)28-31-25-24(26(32-28)34-10-7-22(42-5)8-11-34)30-29(36(15-19-40-3)16-20-41-4)33-27(25)37-12-9-23(21-37)43-6/h22-23H,7-21H2,1-6H3/t23-/m0/s1. The minimum atomic E-state index is 0.125. The van der Waals surface area contributed by atoms with Crippen molar-refractivity contribution in [3.05, 3.63) is 0 Å². The molecule has 2 saturated heterocycles. The Morgan fingerprint density at radius 3 is 1.35 bits per heavy atom. The van der Waals surface area contributed by atoms with Gasteiger partial charge in [-0.1, -0.05) is 0 Å². The van der Waals surface area contributed by atoms with E-state index in [1.807, 2.05) is 0 Å². The predicted molar refractivity (Wildman–Crippen MR) is 167 cm³/mol. The number of piperidine rings is 1. The van der Waals surface area contributed by atoms with Gasteiger partial charge in [-0.3, -0.25) is 0 Å². The molecule has 0 saturated carbocycles. The summed E-state index contributed by atoms with van der Waals surface area (Å²) in [6, 6.07) is 0. The molecule has 14 heteroatoms. The number of hydrogen-bond donors (Lipinski definition) is 0. The van der Waals surface area contributed by atoms with Crippen molar-refractivity contribution in [2.24, 2.45) is 0 Å². The van der Waals surface area contributed by atoms with E-state index in [1.54, 1.807) is 42.7 Å². The average molecular weight is 607 g/mol. The molecular weight excluding hydrogens is 556 g/mol. The second kappa shape index (κ2) is 17.0. The van der Waals surface area contributed by atoms with Gasteiger partial charge in [0.2, 0.25) is 11.9 Å². The third-order valence-corrected chi connectivity index (χ3v) is 8.16. The van der Waals surface area contributed by atoms with E-state index in [9.17, 15) is 0 Å². The first kappa shape index (κ1) is 33.3. The van der Waals surface area contributed by atoms with E-state index in [0.29, 0.717) is 64.5 Å². The normalized spacial score (nSPS) is 17.8. The van der Waals surface area contributed by atoms with E-state index in [0.717, 1.165) is 68.1 Å². The van der Waals surface area contributed by atoms with Gasteiger partial charge in [0.25, 0.3) is 0 Å². The highest BCUT2D eigenvalue weighted by molar-refractivity contribution is 5.95. The van der Waals surface area contributed by atoms with Gasteiger partial charge in [-0.2, -0.15) is 9.97 Å². The second-order valence-electron chi connectivity index (χ2n) is 10.9. The minimum absolute atomic E-state index is 0.125. The molecule has 0 N–H and O–H groups in total. The van der Waals surface area contributed by atoms with E-state index in [1.165, 1.54) is 0 Å². The Hall–Kier alpha value is -2.62. The summed E-state index contributed by atoms with van der Waals surface area (Å²) in [5, 5.41) is 0. The van der Waals surface area contributed by atoms with Crippen LogP contribution in [0.3, 0.4) is 0 Å². The molecule has 2 aliphatic rings. The average Bonchev–Trinajstić information content (AvgIpc) is 3.53. The van der Waals surface area contributed by atoms with Gasteiger partial charge in [0.1, 0.15) is 11.0 Å². The van der Waals surface area contributed by atoms with Crippen molar-refractivity contribution in [1.29, 1.82) is 0 Å². The molecule has 2 aliphatic heterocycles. The molecule has 4 heterocycles. The molecule has 0 aromatic carbocycles. The molecule has 0 aliphatic carbocycles. The first-order valence-electron chi connectivity index (χ1n) is 15.2. The van der Waals surface area contributed by atoms with Gasteiger partial charge in [0.15, 0.2) is 11.6 Å². The molecule has 2 aromatic heterocycles. The number of fused-ring (bicyclic) bond motifs is 1. The van der Waals surface area contributed by atoms with Crippen LogP contribution in [0.25, 0.3) is 11.0 Å². The molecule has 0 unspecified atom stereocenters. The zero-order chi connectivity index (χ0) is 30.6. The Balaban J connectivity index is 1.91. The number of aromatic nitrogens is 4. The van der Waals surface area contributed by atoms with Crippen LogP contribution in [0, 0.1) is 0 Å². The fourth-order valence-electron chi connectivity index (χ4n) is 5.53. The van der Waals surface area contributed by atoms with Crippen LogP contribution in [-0.4, -0.2) is 154 Å². The molecule has 2 fully saturated rings. The number of anilines is 4. The molecular formula is C29H50N8O6. The monoisotopic (exact) mass is 606 g/mol. The van der Waals surface area contributed by atoms with Crippen molar-refractivity contribution in [3.63, 3.8) is 0 Å². The fraction of sp³-hybridized carbons (Fsp3) is 0.793. The summed E-state index contributed by atoms with van der Waals surface area (Å²) >= 11 is 0. The van der Waals surface area contributed by atoms with Crippen LogP contribution in [0.4, 0.5) is 23.5 Å². The van der Waals surface area contributed by atoms with E-state index in [4.69, 9.17) is 48.4 Å². The fourth-order valence-corrected chi connectivity index (χ4v) is 5.53. The predicted octanol–water partition coefficient (Wildman–Crippen LogP) is 1.46. The molecule has 1 atom stereocenters. The lowest BCUT2D eigenvalue weighted by Gasteiger charge is -2.34. The number of nitrogens with zero attached hydrogens (tertiary/aromatic N) is 8. The molecule has 2 aromatic rings. The molecule has 0 radical (unpaired) electrons. The van der Waals surface area contributed by atoms with Crippen molar-refractivity contribution in [2.45, 2.75) is 31.5 Å². The van der Waals surface area contributed by atoms with Crippen molar-refractivity contribution in [3.8, 4) is 0 Å². The summed E-state index contributed by atoms with van der Waals surface area (Å²) < 4.78 is 33.1. The van der Waals surface area contributed by atoms with Crippen LogP contribution in [0.1, 0.15) is 19.3 Å². The molecule has 4 rings (SSSR count). The van der Waals surface area contributed by atoms with Crippen LogP contribution in [0.2, 0.25) is 0 Å². The van der Waals surface area contributed by atoms with E-state index in [2.05, 4.69) is 19.6 Å². The van der Waals surface area contributed by atoms with E-state index in [-0.39, 0.29) is 12.2 Å². The highest BCUT2D eigenvalue weighted by Gasteiger charge is 2.31. The van der Waals surface area contributed by atoms with Crippen LogP contribution >= 0.6 is 0 Å². The Bertz CT molecular complexity index is 1110. The SMILES string of the molecule is COCCN(CCOC)c1nc(N2CC[C@H](OC)C2)c2nc(N(CCOC)CCOC)nc(N3CCC(OC)CC3)c2n1. The lowest BCUT2D eigenvalue weighted by molar-refractivity contribution is 0.0818. The molecule has 0 amide bonds. The maximum atomic E-state index is 5.73. The molecule has 242 valence electrons. The van der Waals surface area contributed by atoms with E-state index >= 15 is 0 Å². The summed E-state index contributed by atoms with van der Waals surface area (Å²) in [6.45, 7) is 7.81. The Kier molecular flexibility index (Phi) is 13.2. The van der Waals surface area contributed by atoms with E-state index < -0.39 is 0 Å². The third-order valence-electron chi connectivity index (χ3n) is 8.16. The van der Waals surface area contributed by atoms with Gasteiger partial charge in [0, 0.05) is 95.0 Å². The number of rotatable bonds is 18. The largest absolute Gasteiger partial charge is 0.383 e. The highest BCUT2D eigenvalue weighted by Crippen LogP contribution is 2.35. The molecule has 0 bridgehead atoms. The van der Waals surface area contributed by atoms with Crippen molar-refractivity contribution < 1.29 is 28.4 Å². The number of methoxy groups -OCH3 is 6. The van der Waals surface area contributed by atoms with Crippen molar-refractivity contribution in [2.75, 3.05) is 141 Å². The van der Waals surface area contributed by atoms with Gasteiger partial charge in [-0.15, -0.1) is 0 Å². The maximum Gasteiger partial charge on any atom is 0.228 e. The maximum absolute atomic E-state index is 5.73. The van der Waals surface area contributed by atoms with Crippen LogP contribution in [0.15, 0.2) is 0 Å². The number of hydrogen-bond acceptors (Lipinski definition) is 14. The third kappa shape index (κ3) is 8.52. The molecule has 0 spiro atoms. The second-order valence-corrected chi connectivity index (χ2v) is 10.9. The zero-order valence-corrected chi connectivity index (χ0v) is 26.8. The molecule has 43 heavy (non-hydrogen) atoms. The minimum Gasteiger partial charge on any atom is -0.383 e. The highest BCUT2D eigenvalue weighted by atomic mass is 16.5. The lowest BCUT2D eigenvalue weighted by Crippen LogP contribution is -2.38. The number of ether oxygens (including phenoxy) is 6. The van der Waals surface area contributed by atoms with Crippen LogP contribution in [0.5, 0.6) is 0 Å². The summed E-state index contributed by atoms with van der Waals surface area (Å²) in [4.78, 5) is 29.5. The quantitative estimate of drug-likeness (QED) is 0.243. The van der Waals surface area contributed by atoms with Gasteiger partial charge < -0.3 is 48.0 Å². The summed E-state index contributed by atoms with van der Waals surface area (Å²) in [5.74, 6) is 2.81. The van der Waals surface area contributed by atoms with Gasteiger partial charge in [0.05, 0.1) is 38.6 Å². The van der Waals surface area contributed by atoms with Gasteiger partial charge in [-0.25, -0.2) is 9.97 Å². The summed E-state index contributed by atoms with van der Waals surface area (Å²) in [5.41, 5.74) is 1.46. The first-order chi connectivity index (χ1) is 21.1. The Morgan fingerprint density at radius 1 is 0.558 bits per heavy atom. The van der Waals surface area contributed by atoms with Gasteiger partial charge in [-0.05, 0) is 19.3 Å². The smallest absolute Gasteiger partial charge is 0.228 e. The van der Waals surface area contributed by atoms with Crippen molar-refractivity contribution >= 4 is 34.6 Å². The summed E-state index contributed by atoms with van der Waals surface area (Å²) in [6.07, 6.45) is 3.10. The molecule has 14 nitrogen and oxygen atoms in total. The zero-order valence-electron chi connectivity index (χ0n) is 26.8. The Labute approximate surface area is 255 Å². The van der Waals surface area contributed by atoms with Crippen molar-refractivity contribution in [1.82, 2.24) is 19.9 Å². The summed E-state index contributed by atoms with van der Waals surface area (Å²) in [7, 11) is 10.4. The van der Waals surface area contributed by atoms with Crippen LogP contribution < -0.4 is 19.6 Å². The topological polar surface area (TPSA) is 120 Å². The lowest BCUT2D eigenvalue weighted by atomic mass is 10.1.